The van der Waals surface area contributed by atoms with Crippen LogP contribution in [0.5, 0.6) is 0 Å². The zero-order chi connectivity index (χ0) is 13.7. The van der Waals surface area contributed by atoms with Gasteiger partial charge in [-0.1, -0.05) is 30.3 Å². The van der Waals surface area contributed by atoms with Gasteiger partial charge in [-0.15, -0.1) is 0 Å². The van der Waals surface area contributed by atoms with Crippen molar-refractivity contribution in [2.45, 2.75) is 38.5 Å². The summed E-state index contributed by atoms with van der Waals surface area (Å²) in [6.07, 6.45) is 2.06. The number of carboxylic acid groups (broad SMARTS) is 1. The van der Waals surface area contributed by atoms with Crippen molar-refractivity contribution in [3.63, 3.8) is 0 Å². The largest absolute Gasteiger partial charge is 0.480 e. The van der Waals surface area contributed by atoms with Gasteiger partial charge >= 0.3 is 5.97 Å². The van der Waals surface area contributed by atoms with E-state index in [0.29, 0.717) is 6.61 Å². The Kier molecular flexibility index (Phi) is 4.93. The van der Waals surface area contributed by atoms with E-state index in [9.17, 15) is 4.79 Å². The molecule has 0 aliphatic carbocycles. The number of hydrogen-bond donors (Lipinski definition) is 1. The number of aliphatic carboxylic acids is 1. The molecule has 4 heteroatoms. The number of carbonyl (C=O) groups is 1. The third-order valence-electron chi connectivity index (χ3n) is 3.71. The van der Waals surface area contributed by atoms with Crippen molar-refractivity contribution in [1.82, 2.24) is 4.90 Å². The molecule has 1 aliphatic heterocycles. The number of piperidine rings is 1. The van der Waals surface area contributed by atoms with E-state index < -0.39 is 12.0 Å². The number of nitrogens with zero attached hydrogens (tertiary/aromatic N) is 1. The second kappa shape index (κ2) is 6.68. The van der Waals surface area contributed by atoms with E-state index in [4.69, 9.17) is 9.84 Å². The summed E-state index contributed by atoms with van der Waals surface area (Å²) < 4.78 is 5.88. The predicted molar refractivity (Wildman–Crippen MR) is 72.9 cm³/mol. The third-order valence-corrected chi connectivity index (χ3v) is 3.71. The molecule has 4 nitrogen and oxygen atoms in total. The predicted octanol–water partition coefficient (Wildman–Crippen LogP) is 2.14. The summed E-state index contributed by atoms with van der Waals surface area (Å²) in [6, 6.07) is 9.74. The Labute approximate surface area is 114 Å². The van der Waals surface area contributed by atoms with Crippen LogP contribution in [-0.4, -0.2) is 41.2 Å². The minimum atomic E-state index is -0.747. The van der Waals surface area contributed by atoms with Gasteiger partial charge in [0.05, 0.1) is 12.7 Å². The maximum atomic E-state index is 10.9. The first kappa shape index (κ1) is 14.0. The first-order valence-electron chi connectivity index (χ1n) is 6.79. The smallest absolute Gasteiger partial charge is 0.320 e. The molecular formula is C15H21NO3. The maximum Gasteiger partial charge on any atom is 0.320 e. The van der Waals surface area contributed by atoms with Gasteiger partial charge in [0.15, 0.2) is 0 Å². The molecule has 2 rings (SSSR count). The Bertz CT molecular complexity index is 399. The van der Waals surface area contributed by atoms with Crippen LogP contribution in [0.3, 0.4) is 0 Å². The average molecular weight is 263 g/mol. The van der Waals surface area contributed by atoms with Crippen LogP contribution in [0.4, 0.5) is 0 Å². The first-order chi connectivity index (χ1) is 9.16. The molecule has 0 aromatic heterocycles. The Hall–Kier alpha value is -1.39. The molecule has 1 saturated heterocycles. The van der Waals surface area contributed by atoms with Crippen molar-refractivity contribution in [1.29, 1.82) is 0 Å². The highest BCUT2D eigenvalue weighted by Crippen LogP contribution is 2.17. The summed E-state index contributed by atoms with van der Waals surface area (Å²) in [5.41, 5.74) is 1.18. The minimum absolute atomic E-state index is 0.248. The summed E-state index contributed by atoms with van der Waals surface area (Å²) in [7, 11) is 0. The molecule has 0 radical (unpaired) electrons. The lowest BCUT2D eigenvalue weighted by molar-refractivity contribution is -0.143. The first-order valence-corrected chi connectivity index (χ1v) is 6.79. The molecule has 1 N–H and O–H groups in total. The monoisotopic (exact) mass is 263 g/mol. The van der Waals surface area contributed by atoms with E-state index in [1.54, 1.807) is 6.92 Å². The van der Waals surface area contributed by atoms with Gasteiger partial charge in [-0.2, -0.15) is 0 Å². The number of likely N-dealkylation sites (tertiary alicyclic amines) is 1. The molecule has 1 fully saturated rings. The van der Waals surface area contributed by atoms with Gasteiger partial charge in [0.25, 0.3) is 0 Å². The van der Waals surface area contributed by atoms with Gasteiger partial charge in [0.1, 0.15) is 6.04 Å². The summed E-state index contributed by atoms with van der Waals surface area (Å²) >= 11 is 0. The zero-order valence-corrected chi connectivity index (χ0v) is 11.3. The SMILES string of the molecule is C[C@@H](C(=O)O)N1CCC(OCc2ccccc2)CC1. The molecule has 1 heterocycles. The summed E-state index contributed by atoms with van der Waals surface area (Å²) in [6.45, 7) is 3.98. The third kappa shape index (κ3) is 4.04. The van der Waals surface area contributed by atoms with Crippen LogP contribution in [0.25, 0.3) is 0 Å². The van der Waals surface area contributed by atoms with Crippen molar-refractivity contribution in [2.24, 2.45) is 0 Å². The molecule has 0 spiro atoms. The Balaban J connectivity index is 1.73. The van der Waals surface area contributed by atoms with Gasteiger partial charge in [0, 0.05) is 13.1 Å². The molecule has 0 unspecified atom stereocenters. The molecule has 1 aliphatic rings. The highest BCUT2D eigenvalue weighted by atomic mass is 16.5. The summed E-state index contributed by atoms with van der Waals surface area (Å²) in [4.78, 5) is 12.9. The van der Waals surface area contributed by atoms with Gasteiger partial charge < -0.3 is 9.84 Å². The molecule has 0 saturated carbocycles. The Morgan fingerprint density at radius 1 is 1.37 bits per heavy atom. The van der Waals surface area contributed by atoms with Crippen LogP contribution in [0.1, 0.15) is 25.3 Å². The molecule has 0 amide bonds. The number of hydrogen-bond acceptors (Lipinski definition) is 3. The fourth-order valence-electron chi connectivity index (χ4n) is 2.37. The molecule has 0 bridgehead atoms. The summed E-state index contributed by atoms with van der Waals surface area (Å²) in [5.74, 6) is -0.747. The number of ether oxygens (including phenoxy) is 1. The molecule has 104 valence electrons. The van der Waals surface area contributed by atoms with Gasteiger partial charge in [-0.3, -0.25) is 9.69 Å². The van der Waals surface area contributed by atoms with Crippen LogP contribution < -0.4 is 0 Å². The van der Waals surface area contributed by atoms with Crippen molar-refractivity contribution >= 4 is 5.97 Å². The lowest BCUT2D eigenvalue weighted by Gasteiger charge is -2.34. The molecular weight excluding hydrogens is 242 g/mol. The lowest BCUT2D eigenvalue weighted by Crippen LogP contribution is -2.45. The quantitative estimate of drug-likeness (QED) is 0.884. The Morgan fingerprint density at radius 2 is 2.00 bits per heavy atom. The van der Waals surface area contributed by atoms with Crippen LogP contribution in [-0.2, 0) is 16.1 Å². The van der Waals surface area contributed by atoms with E-state index in [1.807, 2.05) is 23.1 Å². The molecule has 1 aromatic rings. The maximum absolute atomic E-state index is 10.9. The number of benzene rings is 1. The number of carboxylic acids is 1. The van der Waals surface area contributed by atoms with E-state index in [-0.39, 0.29) is 6.10 Å². The number of rotatable bonds is 5. The fraction of sp³-hybridized carbons (Fsp3) is 0.533. The van der Waals surface area contributed by atoms with E-state index in [1.165, 1.54) is 5.56 Å². The van der Waals surface area contributed by atoms with Crippen molar-refractivity contribution in [3.8, 4) is 0 Å². The highest BCUT2D eigenvalue weighted by molar-refractivity contribution is 5.72. The van der Waals surface area contributed by atoms with Crippen molar-refractivity contribution < 1.29 is 14.6 Å². The standard InChI is InChI=1S/C15H21NO3/c1-12(15(17)18)16-9-7-14(8-10-16)19-11-13-5-3-2-4-6-13/h2-6,12,14H,7-11H2,1H3,(H,17,18)/t12-/m0/s1. The normalized spacial score (nSPS) is 19.2. The molecule has 1 atom stereocenters. The fourth-order valence-corrected chi connectivity index (χ4v) is 2.37. The van der Waals surface area contributed by atoms with Crippen LogP contribution >= 0.6 is 0 Å². The van der Waals surface area contributed by atoms with Gasteiger partial charge in [0.2, 0.25) is 0 Å². The van der Waals surface area contributed by atoms with E-state index in [2.05, 4.69) is 12.1 Å². The lowest BCUT2D eigenvalue weighted by atomic mass is 10.1. The second-order valence-corrected chi connectivity index (χ2v) is 5.05. The van der Waals surface area contributed by atoms with E-state index >= 15 is 0 Å². The molecule has 19 heavy (non-hydrogen) atoms. The summed E-state index contributed by atoms with van der Waals surface area (Å²) in [5, 5.41) is 8.98. The van der Waals surface area contributed by atoms with E-state index in [0.717, 1.165) is 25.9 Å². The molecule has 1 aromatic carbocycles. The van der Waals surface area contributed by atoms with Crippen molar-refractivity contribution in [2.75, 3.05) is 13.1 Å². The second-order valence-electron chi connectivity index (χ2n) is 5.05. The van der Waals surface area contributed by atoms with Crippen LogP contribution in [0, 0.1) is 0 Å². The topological polar surface area (TPSA) is 49.8 Å². The minimum Gasteiger partial charge on any atom is -0.480 e. The van der Waals surface area contributed by atoms with Gasteiger partial charge in [-0.25, -0.2) is 0 Å². The van der Waals surface area contributed by atoms with Crippen LogP contribution in [0.2, 0.25) is 0 Å². The highest BCUT2D eigenvalue weighted by Gasteiger charge is 2.26. The van der Waals surface area contributed by atoms with Crippen LogP contribution in [0.15, 0.2) is 30.3 Å². The Morgan fingerprint density at radius 3 is 2.58 bits per heavy atom. The van der Waals surface area contributed by atoms with Gasteiger partial charge in [-0.05, 0) is 25.3 Å². The average Bonchev–Trinajstić information content (AvgIpc) is 2.46. The zero-order valence-electron chi connectivity index (χ0n) is 11.3. The van der Waals surface area contributed by atoms with Crippen molar-refractivity contribution in [3.05, 3.63) is 35.9 Å².